The highest BCUT2D eigenvalue weighted by molar-refractivity contribution is 5.99. The van der Waals surface area contributed by atoms with E-state index in [1.54, 1.807) is 44.2 Å². The Morgan fingerprint density at radius 2 is 0.612 bits per heavy atom. The summed E-state index contributed by atoms with van der Waals surface area (Å²) in [6.45, 7) is 11.0. The lowest BCUT2D eigenvalue weighted by atomic mass is 9.99. The predicted molar refractivity (Wildman–Crippen MR) is 400 cm³/mol. The summed E-state index contributed by atoms with van der Waals surface area (Å²) in [4.78, 5) is 174. The molecule has 0 unspecified atom stereocenters. The second-order valence-electron chi connectivity index (χ2n) is 28.4. The first-order valence-corrected chi connectivity index (χ1v) is 38.5. The van der Waals surface area contributed by atoms with Crippen molar-refractivity contribution in [3.8, 4) is 0 Å². The van der Waals surface area contributed by atoms with E-state index in [-0.39, 0.29) is 121 Å². The summed E-state index contributed by atoms with van der Waals surface area (Å²) in [5.41, 5.74) is 35.8. The summed E-state index contributed by atoms with van der Waals surface area (Å²) in [6.07, 6.45) is 14.3. The average Bonchev–Trinajstić information content (AvgIpc) is 0.859. The number of unbranched alkanes of at least 4 members (excludes halogenated alkanes) is 14. The average molecular weight is 1450 g/mol. The number of amides is 12. The molecule has 103 heavy (non-hydrogen) atoms. The Labute approximate surface area is 612 Å². The maximum atomic E-state index is 15.1. The molecule has 0 bridgehead atoms. The summed E-state index contributed by atoms with van der Waals surface area (Å²) in [5, 5.41) is 31.0. The van der Waals surface area contributed by atoms with Gasteiger partial charge in [-0.25, -0.2) is 0 Å². The monoisotopic (exact) mass is 1450 g/mol. The first-order valence-electron chi connectivity index (χ1n) is 38.5. The van der Waals surface area contributed by atoms with Crippen molar-refractivity contribution in [2.45, 2.75) is 307 Å². The van der Waals surface area contributed by atoms with Crippen LogP contribution in [0.4, 0.5) is 0 Å². The Morgan fingerprint density at radius 1 is 0.340 bits per heavy atom. The fraction of sp³-hybridized carbons (Fsp3) is 0.757. The van der Waals surface area contributed by atoms with Crippen LogP contribution in [0.1, 0.15) is 246 Å². The Hall–Kier alpha value is -7.34. The lowest BCUT2D eigenvalue weighted by Crippen LogP contribution is -2.61. The minimum absolute atomic E-state index is 0.00296. The molecule has 1 aliphatic heterocycles. The minimum Gasteiger partial charge on any atom is -0.370 e. The maximum Gasteiger partial charge on any atom is 0.243 e. The fourth-order valence-corrected chi connectivity index (χ4v) is 12.2. The van der Waals surface area contributed by atoms with E-state index in [4.69, 9.17) is 34.4 Å². The third-order valence-electron chi connectivity index (χ3n) is 18.2. The molecule has 10 atom stereocenters. The van der Waals surface area contributed by atoms with Gasteiger partial charge in [0.2, 0.25) is 70.9 Å². The van der Waals surface area contributed by atoms with E-state index >= 15 is 9.59 Å². The van der Waals surface area contributed by atoms with Crippen LogP contribution in [-0.2, 0) is 64.0 Å². The highest BCUT2D eigenvalue weighted by Gasteiger charge is 2.37. The first kappa shape index (κ1) is 91.7. The molecule has 0 aromatic heterocycles. The number of nitrogens with two attached hydrogens (primary N) is 6. The van der Waals surface area contributed by atoms with Gasteiger partial charge in [0.25, 0.3) is 0 Å². The number of carbonyl (C=O) groups excluding carboxylic acids is 12. The van der Waals surface area contributed by atoms with Crippen LogP contribution in [0.3, 0.4) is 0 Å². The third kappa shape index (κ3) is 40.5. The molecule has 1 heterocycles. The van der Waals surface area contributed by atoms with Gasteiger partial charge in [0.1, 0.15) is 60.4 Å². The van der Waals surface area contributed by atoms with Crippen LogP contribution in [0.5, 0.6) is 0 Å². The lowest BCUT2D eigenvalue weighted by molar-refractivity contribution is -0.137. The Balaban J connectivity index is 2.97. The van der Waals surface area contributed by atoms with Gasteiger partial charge in [-0.3, -0.25) is 57.5 Å². The van der Waals surface area contributed by atoms with E-state index < -0.39 is 132 Å². The number of carbonyl (C=O) groups is 12. The van der Waals surface area contributed by atoms with Crippen molar-refractivity contribution < 1.29 is 57.5 Å². The van der Waals surface area contributed by atoms with Gasteiger partial charge in [-0.15, -0.1) is 0 Å². The van der Waals surface area contributed by atoms with Crippen LogP contribution in [0.15, 0.2) is 30.3 Å². The summed E-state index contributed by atoms with van der Waals surface area (Å²) in [7, 11) is 0. The summed E-state index contributed by atoms with van der Waals surface area (Å²) >= 11 is 0. The molecule has 0 radical (unpaired) electrons. The quantitative estimate of drug-likeness (QED) is 0.0417. The van der Waals surface area contributed by atoms with Crippen molar-refractivity contribution in [3.05, 3.63) is 35.9 Å². The number of rotatable bonds is 44. The summed E-state index contributed by atoms with van der Waals surface area (Å²) in [6, 6.07) is -4.70. The van der Waals surface area contributed by atoms with Crippen LogP contribution < -0.4 is 92.9 Å². The molecule has 2 rings (SSSR count). The van der Waals surface area contributed by atoms with Crippen molar-refractivity contribution in [2.24, 2.45) is 46.2 Å². The third-order valence-corrected chi connectivity index (χ3v) is 18.2. The van der Waals surface area contributed by atoms with Crippen molar-refractivity contribution in [1.29, 1.82) is 0 Å². The molecule has 1 aromatic carbocycles. The molecule has 1 aliphatic rings. The molecule has 1 aromatic rings. The Morgan fingerprint density at radius 3 is 0.922 bits per heavy atom. The SMILES string of the molecule is CCCCCCCCCCCC(=O)NCCCC[C@@H]1NC(=O)[C@H](CCCCN)NC(=O)[C@H](CC(C)C)NC(=O)[C@H](CCCCN)NC(=O)[C@H](CCCCN)NC(=O)[C@H](CCC(N)=O)NC(=O)[C@H](CC(C)C)NC(=O)[C@H](CCCCN)NC(=O)[C@H](CCCCN)NC(=O)[C@H](Cc2ccccc2)NC1=O. The maximum absolute atomic E-state index is 15.1. The molecule has 0 spiro atoms. The fourth-order valence-electron chi connectivity index (χ4n) is 12.2. The number of benzene rings is 1. The number of hydrogen-bond donors (Lipinski definition) is 17. The van der Waals surface area contributed by atoms with Crippen molar-refractivity contribution >= 4 is 70.9 Å². The zero-order chi connectivity index (χ0) is 76.3. The molecule has 0 aliphatic carbocycles. The van der Waals surface area contributed by atoms with Gasteiger partial charge in [0.05, 0.1) is 0 Å². The van der Waals surface area contributed by atoms with Gasteiger partial charge < -0.3 is 92.9 Å². The molecule has 1 fully saturated rings. The first-order chi connectivity index (χ1) is 49.4. The molecular weight excluding hydrogens is 1320 g/mol. The zero-order valence-electron chi connectivity index (χ0n) is 62.8. The molecule has 23 N–H and O–H groups in total. The van der Waals surface area contributed by atoms with E-state index in [0.29, 0.717) is 89.0 Å². The smallest absolute Gasteiger partial charge is 0.243 e. The zero-order valence-corrected chi connectivity index (χ0v) is 62.8. The van der Waals surface area contributed by atoms with Crippen LogP contribution in [0.25, 0.3) is 0 Å². The number of nitrogens with one attached hydrogen (secondary N) is 11. The van der Waals surface area contributed by atoms with E-state index in [2.05, 4.69) is 65.4 Å². The lowest BCUT2D eigenvalue weighted by Gasteiger charge is -2.30. The molecular formula is C74H133N17O12. The van der Waals surface area contributed by atoms with Gasteiger partial charge in [-0.05, 0) is 191 Å². The largest absolute Gasteiger partial charge is 0.370 e. The molecule has 586 valence electrons. The topological polar surface area (TPSA) is 493 Å². The molecule has 1 saturated heterocycles. The van der Waals surface area contributed by atoms with Crippen molar-refractivity contribution in [3.63, 3.8) is 0 Å². The van der Waals surface area contributed by atoms with Crippen molar-refractivity contribution in [2.75, 3.05) is 39.3 Å². The Kier molecular flexibility index (Phi) is 49.2. The molecule has 29 nitrogen and oxygen atoms in total. The molecule has 29 heteroatoms. The van der Waals surface area contributed by atoms with Gasteiger partial charge >= 0.3 is 0 Å². The molecule has 0 saturated carbocycles. The van der Waals surface area contributed by atoms with Crippen LogP contribution in [0, 0.1) is 11.8 Å². The van der Waals surface area contributed by atoms with Gasteiger partial charge in [0, 0.05) is 25.8 Å². The highest BCUT2D eigenvalue weighted by Crippen LogP contribution is 2.17. The van der Waals surface area contributed by atoms with Gasteiger partial charge in [-0.2, -0.15) is 0 Å². The second kappa shape index (κ2) is 55.2. The van der Waals surface area contributed by atoms with Crippen LogP contribution in [-0.4, -0.2) is 171 Å². The summed E-state index contributed by atoms with van der Waals surface area (Å²) in [5.74, 6) is -9.31. The van der Waals surface area contributed by atoms with E-state index in [0.717, 1.165) is 25.7 Å². The van der Waals surface area contributed by atoms with Crippen molar-refractivity contribution in [1.82, 2.24) is 58.5 Å². The predicted octanol–water partition coefficient (Wildman–Crippen LogP) is 2.30. The van der Waals surface area contributed by atoms with Gasteiger partial charge in [0.15, 0.2) is 0 Å². The Bertz CT molecular complexity index is 2680. The van der Waals surface area contributed by atoms with E-state index in [1.807, 2.05) is 13.8 Å². The van der Waals surface area contributed by atoms with Crippen LogP contribution in [0.2, 0.25) is 0 Å². The highest BCUT2D eigenvalue weighted by atomic mass is 16.2. The van der Waals surface area contributed by atoms with Crippen LogP contribution >= 0.6 is 0 Å². The van der Waals surface area contributed by atoms with E-state index in [9.17, 15) is 47.9 Å². The minimum atomic E-state index is -1.51. The number of primary amides is 1. The summed E-state index contributed by atoms with van der Waals surface area (Å²) < 4.78 is 0. The van der Waals surface area contributed by atoms with Gasteiger partial charge in [-0.1, -0.05) is 116 Å². The second-order valence-corrected chi connectivity index (χ2v) is 28.4. The standard InChI is InChI=1S/C74H133N17O12/c1-6-7-8-9-10-11-12-13-17-38-64(93)81-46-29-23-37-58-70(99)91-62(49-52-30-15-14-16-31-52)74(103)87-55(34-20-26-43-77)67(96)83-57(36-22-28-45-79)69(98)90-61(48-51(4)5)73(102)88-59(39-40-63(80)92)71(100)85-53(32-18-24-41-75)65(94)82-56(35-21-27-44-78)68(97)89-60(47-50(2)3)72(101)86-54(66(95)84-58)33-19-25-42-76/h14-16,30-31,50-51,53-62H,6-13,17-29,32-49,75-79H2,1-5H3,(H2,80,92)(H,81,93)(H,82,94)(H,83,96)(H,84,95)(H,85,100)(H,86,101)(H,87,103)(H,88,102)(H,89,97)(H,90,98)(H,91,99)/t53-,54-,55-,56-,57-,58-,59-,60-,61-,62-/m0/s1. The van der Waals surface area contributed by atoms with E-state index in [1.165, 1.54) is 32.1 Å². The number of hydrogen-bond acceptors (Lipinski definition) is 17. The normalized spacial score (nSPS) is 22.1. The molecule has 12 amide bonds.